The second-order valence-electron chi connectivity index (χ2n) is 10.7. The normalized spacial score (nSPS) is 17.5. The molecule has 1 saturated heterocycles. The Morgan fingerprint density at radius 1 is 0.784 bits per heavy atom. The summed E-state index contributed by atoms with van der Waals surface area (Å²) >= 11 is 0. The maximum Gasteiger partial charge on any atom is 0.180 e. The summed E-state index contributed by atoms with van der Waals surface area (Å²) in [7, 11) is 4.26. The molecule has 2 fully saturated rings. The van der Waals surface area contributed by atoms with Gasteiger partial charge < -0.3 is 15.5 Å². The zero-order valence-electron chi connectivity index (χ0n) is 21.8. The van der Waals surface area contributed by atoms with Crippen LogP contribution in [0.15, 0.2) is 66.7 Å². The van der Waals surface area contributed by atoms with Crippen LogP contribution in [0.1, 0.15) is 18.4 Å². The van der Waals surface area contributed by atoms with Crippen LogP contribution in [0.2, 0.25) is 0 Å². The van der Waals surface area contributed by atoms with Crippen molar-refractivity contribution in [1.29, 1.82) is 0 Å². The maximum atomic E-state index is 6.43. The standard InChI is InChI=1S/C30H35N7/c1-35(2)16-17-36-18-20-37(21-19-36)26-13-12-25-29(33-26)34-28(27(32-25)22-6-4-3-5-7-22)23-8-10-24(11-9-23)30(31)14-15-30/h3-13H,14-21,31H2,1-2H3. The van der Waals surface area contributed by atoms with E-state index < -0.39 is 0 Å². The monoisotopic (exact) mass is 493 g/mol. The number of nitrogens with zero attached hydrogens (tertiary/aromatic N) is 6. The van der Waals surface area contributed by atoms with Gasteiger partial charge in [-0.15, -0.1) is 0 Å². The molecule has 2 aliphatic rings. The fourth-order valence-corrected chi connectivity index (χ4v) is 5.03. The Morgan fingerprint density at radius 3 is 2.14 bits per heavy atom. The summed E-state index contributed by atoms with van der Waals surface area (Å²) in [6.07, 6.45) is 2.10. The van der Waals surface area contributed by atoms with Crippen LogP contribution in [0.4, 0.5) is 5.82 Å². The molecule has 4 aromatic rings. The number of hydrogen-bond acceptors (Lipinski definition) is 7. The van der Waals surface area contributed by atoms with Gasteiger partial charge in [0.15, 0.2) is 5.65 Å². The first-order valence-electron chi connectivity index (χ1n) is 13.2. The lowest BCUT2D eigenvalue weighted by Gasteiger charge is -2.35. The molecule has 6 rings (SSSR count). The Hall–Kier alpha value is -3.39. The van der Waals surface area contributed by atoms with E-state index in [1.807, 2.05) is 18.2 Å². The van der Waals surface area contributed by atoms with E-state index in [9.17, 15) is 0 Å². The van der Waals surface area contributed by atoms with Crippen molar-refractivity contribution in [1.82, 2.24) is 24.8 Å². The maximum absolute atomic E-state index is 6.43. The van der Waals surface area contributed by atoms with Gasteiger partial charge in [0.2, 0.25) is 0 Å². The Bertz CT molecular complexity index is 1370. The molecule has 3 heterocycles. The van der Waals surface area contributed by atoms with Gasteiger partial charge in [-0.3, -0.25) is 4.90 Å². The molecule has 2 aromatic heterocycles. The zero-order chi connectivity index (χ0) is 25.4. The average Bonchev–Trinajstić information content (AvgIpc) is 3.70. The summed E-state index contributed by atoms with van der Waals surface area (Å²) < 4.78 is 0. The van der Waals surface area contributed by atoms with Crippen LogP contribution in [0.5, 0.6) is 0 Å². The molecule has 0 amide bonds. The minimum atomic E-state index is -0.150. The fraction of sp³-hybridized carbons (Fsp3) is 0.367. The number of nitrogens with two attached hydrogens (primary N) is 1. The molecular weight excluding hydrogens is 458 g/mol. The number of anilines is 1. The van der Waals surface area contributed by atoms with E-state index in [0.29, 0.717) is 5.65 Å². The second kappa shape index (κ2) is 9.82. The Morgan fingerprint density at radius 2 is 1.46 bits per heavy atom. The molecular formula is C30H35N7. The smallest absolute Gasteiger partial charge is 0.180 e. The molecule has 1 aliphatic carbocycles. The van der Waals surface area contributed by atoms with Crippen LogP contribution in [0.25, 0.3) is 33.7 Å². The first kappa shape index (κ1) is 24.0. The van der Waals surface area contributed by atoms with Crippen molar-refractivity contribution in [2.45, 2.75) is 18.4 Å². The highest BCUT2D eigenvalue weighted by Crippen LogP contribution is 2.43. The summed E-state index contributed by atoms with van der Waals surface area (Å²) in [5.41, 5.74) is 12.8. The summed E-state index contributed by atoms with van der Waals surface area (Å²) in [6, 6.07) is 23.0. The van der Waals surface area contributed by atoms with Gasteiger partial charge in [-0.25, -0.2) is 15.0 Å². The second-order valence-corrected chi connectivity index (χ2v) is 10.7. The van der Waals surface area contributed by atoms with Gasteiger partial charge in [0.05, 0.1) is 11.4 Å². The van der Waals surface area contributed by atoms with E-state index in [4.69, 9.17) is 20.7 Å². The van der Waals surface area contributed by atoms with E-state index >= 15 is 0 Å². The third kappa shape index (κ3) is 5.07. The van der Waals surface area contributed by atoms with Crippen LogP contribution >= 0.6 is 0 Å². The van der Waals surface area contributed by atoms with Gasteiger partial charge in [-0.1, -0.05) is 54.6 Å². The molecule has 2 aromatic carbocycles. The zero-order valence-corrected chi connectivity index (χ0v) is 21.8. The first-order valence-corrected chi connectivity index (χ1v) is 13.2. The molecule has 7 nitrogen and oxygen atoms in total. The van der Waals surface area contributed by atoms with Gasteiger partial charge in [0.25, 0.3) is 0 Å². The highest BCUT2D eigenvalue weighted by molar-refractivity contribution is 5.85. The predicted molar refractivity (Wildman–Crippen MR) is 151 cm³/mol. The molecule has 0 radical (unpaired) electrons. The Kier molecular flexibility index (Phi) is 6.36. The summed E-state index contributed by atoms with van der Waals surface area (Å²) in [5, 5.41) is 0. The van der Waals surface area contributed by atoms with Gasteiger partial charge in [0, 0.05) is 55.9 Å². The molecule has 0 atom stereocenters. The van der Waals surface area contributed by atoms with E-state index in [1.165, 1.54) is 5.56 Å². The molecule has 1 aliphatic heterocycles. The van der Waals surface area contributed by atoms with Gasteiger partial charge in [-0.2, -0.15) is 0 Å². The van der Waals surface area contributed by atoms with E-state index in [2.05, 4.69) is 77.3 Å². The van der Waals surface area contributed by atoms with Crippen molar-refractivity contribution < 1.29 is 0 Å². The molecule has 7 heteroatoms. The lowest BCUT2D eigenvalue weighted by Crippen LogP contribution is -2.48. The highest BCUT2D eigenvalue weighted by atomic mass is 15.3. The summed E-state index contributed by atoms with van der Waals surface area (Å²) in [5.74, 6) is 0.974. The molecule has 2 N–H and O–H groups in total. The Balaban J connectivity index is 1.33. The van der Waals surface area contributed by atoms with E-state index in [-0.39, 0.29) is 5.54 Å². The van der Waals surface area contributed by atoms with E-state index in [0.717, 1.165) is 86.0 Å². The number of piperazine rings is 1. The average molecular weight is 494 g/mol. The van der Waals surface area contributed by atoms with Crippen molar-refractivity contribution in [2.24, 2.45) is 5.73 Å². The molecule has 0 spiro atoms. The minimum Gasteiger partial charge on any atom is -0.354 e. The number of pyridine rings is 1. The summed E-state index contributed by atoms with van der Waals surface area (Å²) in [6.45, 7) is 6.23. The molecule has 0 bridgehead atoms. The number of benzene rings is 2. The lowest BCUT2D eigenvalue weighted by atomic mass is 10.00. The fourth-order valence-electron chi connectivity index (χ4n) is 5.03. The van der Waals surface area contributed by atoms with Crippen LogP contribution in [0, 0.1) is 0 Å². The van der Waals surface area contributed by atoms with Crippen LogP contribution < -0.4 is 10.6 Å². The minimum absolute atomic E-state index is 0.150. The molecule has 0 unspecified atom stereocenters. The largest absolute Gasteiger partial charge is 0.354 e. The highest BCUT2D eigenvalue weighted by Gasteiger charge is 2.39. The predicted octanol–water partition coefficient (Wildman–Crippen LogP) is 3.99. The van der Waals surface area contributed by atoms with Gasteiger partial charge in [-0.05, 0) is 44.6 Å². The first-order chi connectivity index (χ1) is 18.0. The van der Waals surface area contributed by atoms with Crippen molar-refractivity contribution in [3.8, 4) is 22.5 Å². The third-order valence-electron chi connectivity index (χ3n) is 7.64. The van der Waals surface area contributed by atoms with Crippen LogP contribution in [-0.2, 0) is 5.54 Å². The third-order valence-corrected chi connectivity index (χ3v) is 7.64. The lowest BCUT2D eigenvalue weighted by molar-refractivity contribution is 0.229. The van der Waals surface area contributed by atoms with Gasteiger partial charge in [0.1, 0.15) is 11.3 Å². The Labute approximate surface area is 219 Å². The topological polar surface area (TPSA) is 74.4 Å². The number of likely N-dealkylation sites (N-methyl/N-ethyl adjacent to an activating group) is 1. The van der Waals surface area contributed by atoms with E-state index in [1.54, 1.807) is 0 Å². The number of rotatable bonds is 7. The summed E-state index contributed by atoms with van der Waals surface area (Å²) in [4.78, 5) is 22.3. The number of aromatic nitrogens is 3. The van der Waals surface area contributed by atoms with Crippen LogP contribution in [0.3, 0.4) is 0 Å². The number of hydrogen-bond donors (Lipinski definition) is 1. The SMILES string of the molecule is CN(C)CCN1CCN(c2ccc3nc(-c4ccccc4)c(-c4ccc(C5(N)CC5)cc4)nc3n2)CC1. The quantitative estimate of drug-likeness (QED) is 0.417. The van der Waals surface area contributed by atoms with Crippen molar-refractivity contribution in [2.75, 3.05) is 58.3 Å². The van der Waals surface area contributed by atoms with Gasteiger partial charge >= 0.3 is 0 Å². The van der Waals surface area contributed by atoms with Crippen molar-refractivity contribution >= 4 is 17.0 Å². The van der Waals surface area contributed by atoms with Crippen molar-refractivity contribution in [3.05, 3.63) is 72.3 Å². The molecule has 37 heavy (non-hydrogen) atoms. The number of fused-ring (bicyclic) bond motifs is 1. The van der Waals surface area contributed by atoms with Crippen molar-refractivity contribution in [3.63, 3.8) is 0 Å². The van der Waals surface area contributed by atoms with Crippen LogP contribution in [-0.4, -0.2) is 78.1 Å². The molecule has 1 saturated carbocycles. The molecule has 190 valence electrons.